The fourth-order valence-electron chi connectivity index (χ4n) is 2.77. The maximum Gasteiger partial charge on any atom is 0.308 e. The number of hydrogen-bond acceptors (Lipinski definition) is 5. The normalized spacial score (nSPS) is 11.4. The molecule has 0 aliphatic carbocycles. The van der Waals surface area contributed by atoms with Crippen LogP contribution in [0, 0.1) is 0 Å². The molecule has 2 aromatic rings. The van der Waals surface area contributed by atoms with Crippen LogP contribution in [0.1, 0.15) is 43.4 Å². The van der Waals surface area contributed by atoms with E-state index in [1.54, 1.807) is 19.1 Å². The van der Waals surface area contributed by atoms with E-state index in [0.29, 0.717) is 12.2 Å². The summed E-state index contributed by atoms with van der Waals surface area (Å²) in [4.78, 5) is 36.3. The third-order valence-electron chi connectivity index (χ3n) is 4.27. The van der Waals surface area contributed by atoms with Crippen LogP contribution in [-0.2, 0) is 25.7 Å². The van der Waals surface area contributed by atoms with Crippen LogP contribution in [-0.4, -0.2) is 24.4 Å². The number of carbonyl (C=O) groups is 3. The second kappa shape index (κ2) is 11.6. The summed E-state index contributed by atoms with van der Waals surface area (Å²) in [5.41, 5.74) is 7.97. The van der Waals surface area contributed by atoms with Gasteiger partial charge in [0.1, 0.15) is 0 Å². The van der Waals surface area contributed by atoms with Crippen molar-refractivity contribution in [1.29, 1.82) is 0 Å². The highest BCUT2D eigenvalue weighted by atomic mass is 16.5. The Hall–Kier alpha value is -3.19. The molecule has 7 nitrogen and oxygen atoms in total. The highest BCUT2D eigenvalue weighted by molar-refractivity contribution is 5.93. The number of rotatable bonds is 10. The first kappa shape index (κ1) is 22.1. The largest absolute Gasteiger partial charge is 0.466 e. The van der Waals surface area contributed by atoms with Gasteiger partial charge in [-0.1, -0.05) is 42.5 Å². The van der Waals surface area contributed by atoms with Crippen molar-refractivity contribution in [3.05, 3.63) is 65.7 Å². The molecule has 0 radical (unpaired) electrons. The van der Waals surface area contributed by atoms with Crippen LogP contribution in [0.3, 0.4) is 0 Å². The van der Waals surface area contributed by atoms with Crippen molar-refractivity contribution in [3.8, 4) is 0 Å². The summed E-state index contributed by atoms with van der Waals surface area (Å²) in [6.45, 7) is 2.44. The molecule has 0 heterocycles. The molecule has 1 atom stereocenters. The summed E-state index contributed by atoms with van der Waals surface area (Å²) < 4.78 is 4.99. The number of esters is 1. The lowest BCUT2D eigenvalue weighted by Gasteiger charge is -2.18. The van der Waals surface area contributed by atoms with Crippen LogP contribution >= 0.6 is 0 Å². The molecule has 2 amide bonds. The Balaban J connectivity index is 1.88. The Morgan fingerprint density at radius 1 is 0.966 bits per heavy atom. The SMILES string of the molecule is CCOC(=O)CC(NC(=O)CCC(=O)Nc1ccc(CN)cc1)c1ccccc1. The predicted octanol–water partition coefficient (Wildman–Crippen LogP) is 2.67. The van der Waals surface area contributed by atoms with Crippen molar-refractivity contribution in [2.45, 2.75) is 38.8 Å². The third kappa shape index (κ3) is 7.75. The first-order valence-corrected chi connectivity index (χ1v) is 9.60. The molecule has 0 saturated carbocycles. The number of amides is 2. The fourth-order valence-corrected chi connectivity index (χ4v) is 2.77. The first-order valence-electron chi connectivity index (χ1n) is 9.60. The molecule has 0 aliphatic rings. The number of hydrogen-bond donors (Lipinski definition) is 3. The number of nitrogens with two attached hydrogens (primary N) is 1. The minimum absolute atomic E-state index is 0.0128. The second-order valence-corrected chi connectivity index (χ2v) is 6.49. The third-order valence-corrected chi connectivity index (χ3v) is 4.27. The lowest BCUT2D eigenvalue weighted by molar-refractivity contribution is -0.144. The van der Waals surface area contributed by atoms with Gasteiger partial charge in [-0.15, -0.1) is 0 Å². The Kier molecular flexibility index (Phi) is 8.85. The van der Waals surface area contributed by atoms with E-state index in [0.717, 1.165) is 11.1 Å². The van der Waals surface area contributed by atoms with Gasteiger partial charge >= 0.3 is 5.97 Å². The molecule has 154 valence electrons. The molecule has 0 bridgehead atoms. The second-order valence-electron chi connectivity index (χ2n) is 6.49. The average Bonchev–Trinajstić information content (AvgIpc) is 2.73. The van der Waals surface area contributed by atoms with E-state index in [4.69, 9.17) is 10.5 Å². The van der Waals surface area contributed by atoms with Crippen molar-refractivity contribution in [3.63, 3.8) is 0 Å². The number of nitrogens with one attached hydrogen (secondary N) is 2. The summed E-state index contributed by atoms with van der Waals surface area (Å²) in [5, 5.41) is 5.57. The van der Waals surface area contributed by atoms with Gasteiger partial charge in [-0.25, -0.2) is 0 Å². The summed E-state index contributed by atoms with van der Waals surface area (Å²) >= 11 is 0. The Morgan fingerprint density at radius 2 is 1.62 bits per heavy atom. The maximum absolute atomic E-state index is 12.3. The lowest BCUT2D eigenvalue weighted by Crippen LogP contribution is -2.31. The van der Waals surface area contributed by atoms with E-state index in [9.17, 15) is 14.4 Å². The molecule has 0 saturated heterocycles. The van der Waals surface area contributed by atoms with Crippen LogP contribution in [0.15, 0.2) is 54.6 Å². The van der Waals surface area contributed by atoms with E-state index in [1.165, 1.54) is 0 Å². The Labute approximate surface area is 170 Å². The molecule has 2 rings (SSSR count). The van der Waals surface area contributed by atoms with E-state index < -0.39 is 6.04 Å². The number of anilines is 1. The monoisotopic (exact) mass is 397 g/mol. The van der Waals surface area contributed by atoms with Gasteiger partial charge < -0.3 is 21.1 Å². The van der Waals surface area contributed by atoms with Gasteiger partial charge in [-0.3, -0.25) is 14.4 Å². The zero-order chi connectivity index (χ0) is 21.1. The summed E-state index contributed by atoms with van der Waals surface area (Å²) in [6, 6.07) is 15.9. The van der Waals surface area contributed by atoms with Gasteiger partial charge in [-0.2, -0.15) is 0 Å². The average molecular weight is 397 g/mol. The minimum Gasteiger partial charge on any atom is -0.466 e. The van der Waals surface area contributed by atoms with Crippen LogP contribution in [0.4, 0.5) is 5.69 Å². The molecule has 1 unspecified atom stereocenters. The Morgan fingerprint density at radius 3 is 2.24 bits per heavy atom. The number of benzene rings is 2. The van der Waals surface area contributed by atoms with Crippen molar-refractivity contribution in [2.75, 3.05) is 11.9 Å². The molecule has 7 heteroatoms. The van der Waals surface area contributed by atoms with Gasteiger partial charge in [-0.05, 0) is 30.2 Å². The van der Waals surface area contributed by atoms with Crippen molar-refractivity contribution in [1.82, 2.24) is 5.32 Å². The van der Waals surface area contributed by atoms with Gasteiger partial charge in [0.2, 0.25) is 11.8 Å². The maximum atomic E-state index is 12.3. The van der Waals surface area contributed by atoms with Gasteiger partial charge in [0.15, 0.2) is 0 Å². The summed E-state index contributed by atoms with van der Waals surface area (Å²) in [6.07, 6.45) is 0.0769. The van der Waals surface area contributed by atoms with Gasteiger partial charge in [0.25, 0.3) is 0 Å². The van der Waals surface area contributed by atoms with Crippen LogP contribution < -0.4 is 16.4 Å². The molecule has 0 aliphatic heterocycles. The topological polar surface area (TPSA) is 111 Å². The fraction of sp³-hybridized carbons (Fsp3) is 0.318. The molecule has 29 heavy (non-hydrogen) atoms. The minimum atomic E-state index is -0.505. The first-order chi connectivity index (χ1) is 14.0. The smallest absolute Gasteiger partial charge is 0.308 e. The van der Waals surface area contributed by atoms with Crippen LogP contribution in [0.5, 0.6) is 0 Å². The molecule has 2 aromatic carbocycles. The van der Waals surface area contributed by atoms with E-state index in [-0.39, 0.29) is 43.7 Å². The van der Waals surface area contributed by atoms with E-state index in [1.807, 2.05) is 42.5 Å². The number of ether oxygens (including phenoxy) is 1. The van der Waals surface area contributed by atoms with E-state index in [2.05, 4.69) is 10.6 Å². The standard InChI is InChI=1S/C22H27N3O4/c1-2-29-22(28)14-19(17-6-4-3-5-7-17)25-21(27)13-12-20(26)24-18-10-8-16(15-23)9-11-18/h3-11,19H,2,12-15,23H2,1H3,(H,24,26)(H,25,27). The van der Waals surface area contributed by atoms with Gasteiger partial charge in [0.05, 0.1) is 19.1 Å². The zero-order valence-electron chi connectivity index (χ0n) is 16.5. The van der Waals surface area contributed by atoms with Crippen LogP contribution in [0.25, 0.3) is 0 Å². The number of carbonyl (C=O) groups excluding carboxylic acids is 3. The van der Waals surface area contributed by atoms with Gasteiger partial charge in [0, 0.05) is 25.1 Å². The van der Waals surface area contributed by atoms with E-state index >= 15 is 0 Å². The zero-order valence-corrected chi connectivity index (χ0v) is 16.5. The molecular formula is C22H27N3O4. The predicted molar refractivity (Wildman–Crippen MR) is 111 cm³/mol. The van der Waals surface area contributed by atoms with Crippen LogP contribution in [0.2, 0.25) is 0 Å². The highest BCUT2D eigenvalue weighted by Gasteiger charge is 2.19. The highest BCUT2D eigenvalue weighted by Crippen LogP contribution is 2.18. The van der Waals surface area contributed by atoms with Crippen molar-refractivity contribution >= 4 is 23.5 Å². The molecule has 0 fully saturated rings. The molecule has 0 aromatic heterocycles. The molecule has 4 N–H and O–H groups in total. The molecular weight excluding hydrogens is 370 g/mol. The van der Waals surface area contributed by atoms with Crippen molar-refractivity contribution in [2.24, 2.45) is 5.73 Å². The summed E-state index contributed by atoms with van der Waals surface area (Å²) in [7, 11) is 0. The molecule has 0 spiro atoms. The summed E-state index contributed by atoms with van der Waals surface area (Å²) in [5.74, 6) is -0.959. The Bertz CT molecular complexity index is 807. The quantitative estimate of drug-likeness (QED) is 0.534. The lowest BCUT2D eigenvalue weighted by atomic mass is 10.0. The van der Waals surface area contributed by atoms with Crippen molar-refractivity contribution < 1.29 is 19.1 Å².